The van der Waals surface area contributed by atoms with Gasteiger partial charge in [-0.25, -0.2) is 0 Å². The van der Waals surface area contributed by atoms with Crippen molar-refractivity contribution in [3.8, 4) is 0 Å². The van der Waals surface area contributed by atoms with Gasteiger partial charge in [-0.1, -0.05) is 24.3 Å². The van der Waals surface area contributed by atoms with Gasteiger partial charge in [-0.3, -0.25) is 9.59 Å². The number of nitrogens with zero attached hydrogens (tertiary/aromatic N) is 2. The molecule has 23 heavy (non-hydrogen) atoms. The molecule has 3 heterocycles. The minimum atomic E-state index is 0.0996. The van der Waals surface area contributed by atoms with Gasteiger partial charge in [0.15, 0.2) is 0 Å². The first-order valence-corrected chi connectivity index (χ1v) is 8.85. The molecule has 1 aromatic carbocycles. The lowest BCUT2D eigenvalue weighted by Crippen LogP contribution is -2.53. The average molecular weight is 326 g/mol. The Kier molecular flexibility index (Phi) is 3.65. The summed E-state index contributed by atoms with van der Waals surface area (Å²) in [6.45, 7) is 0.725. The van der Waals surface area contributed by atoms with Gasteiger partial charge >= 0.3 is 0 Å². The number of hydrogen-bond donors (Lipinski definition) is 0. The second-order valence-corrected chi connectivity index (χ2v) is 6.98. The Hall–Kier alpha value is -2.14. The minimum Gasteiger partial charge on any atom is -0.333 e. The molecule has 1 aromatic heterocycles. The number of piperidine rings is 1. The zero-order chi connectivity index (χ0) is 15.8. The third-order valence-electron chi connectivity index (χ3n) is 4.79. The fraction of sp³-hybridized carbons (Fsp3) is 0.333. The van der Waals surface area contributed by atoms with E-state index in [0.717, 1.165) is 30.0 Å². The van der Waals surface area contributed by atoms with Crippen molar-refractivity contribution in [1.82, 2.24) is 4.90 Å². The summed E-state index contributed by atoms with van der Waals surface area (Å²) in [7, 11) is 0. The van der Waals surface area contributed by atoms with Crippen molar-refractivity contribution in [2.75, 3.05) is 11.4 Å². The normalized spacial score (nSPS) is 23.9. The van der Waals surface area contributed by atoms with Crippen molar-refractivity contribution in [3.05, 3.63) is 52.7 Å². The minimum absolute atomic E-state index is 0.0996. The van der Waals surface area contributed by atoms with E-state index in [1.165, 1.54) is 11.3 Å². The monoisotopic (exact) mass is 326 g/mol. The van der Waals surface area contributed by atoms with Crippen LogP contribution in [0.15, 0.2) is 47.8 Å². The Morgan fingerprint density at radius 3 is 2.61 bits per heavy atom. The van der Waals surface area contributed by atoms with E-state index in [1.807, 2.05) is 57.6 Å². The molecule has 2 aliphatic rings. The predicted molar refractivity (Wildman–Crippen MR) is 90.7 cm³/mol. The highest BCUT2D eigenvalue weighted by molar-refractivity contribution is 7.12. The van der Waals surface area contributed by atoms with Gasteiger partial charge in [-0.15, -0.1) is 11.3 Å². The van der Waals surface area contributed by atoms with E-state index in [-0.39, 0.29) is 23.9 Å². The summed E-state index contributed by atoms with van der Waals surface area (Å²) >= 11 is 1.48. The summed E-state index contributed by atoms with van der Waals surface area (Å²) in [6.07, 6.45) is 2.12. The van der Waals surface area contributed by atoms with Gasteiger partial charge in [0.05, 0.1) is 17.0 Å². The number of hydrogen-bond acceptors (Lipinski definition) is 3. The molecule has 2 fully saturated rings. The third kappa shape index (κ3) is 2.45. The highest BCUT2D eigenvalue weighted by atomic mass is 32.1. The summed E-state index contributed by atoms with van der Waals surface area (Å²) in [6, 6.07) is 13.8. The van der Waals surface area contributed by atoms with Crippen LogP contribution in [0.4, 0.5) is 5.69 Å². The lowest BCUT2D eigenvalue weighted by Gasteiger charge is -2.39. The number of carbonyl (C=O) groups excluding carboxylic acids is 2. The zero-order valence-corrected chi connectivity index (χ0v) is 13.5. The summed E-state index contributed by atoms with van der Waals surface area (Å²) < 4.78 is 0. The van der Waals surface area contributed by atoms with Gasteiger partial charge in [0.2, 0.25) is 5.91 Å². The molecule has 2 atom stereocenters. The zero-order valence-electron chi connectivity index (χ0n) is 12.7. The molecular weight excluding hydrogens is 308 g/mol. The average Bonchev–Trinajstić information content (AvgIpc) is 3.24. The van der Waals surface area contributed by atoms with Gasteiger partial charge in [0, 0.05) is 18.7 Å². The highest BCUT2D eigenvalue weighted by Gasteiger charge is 2.45. The molecule has 5 heteroatoms. The number of anilines is 1. The fourth-order valence-corrected chi connectivity index (χ4v) is 4.46. The topological polar surface area (TPSA) is 40.6 Å². The van der Waals surface area contributed by atoms with Crippen LogP contribution in [0.25, 0.3) is 0 Å². The molecule has 4 nitrogen and oxygen atoms in total. The van der Waals surface area contributed by atoms with Crippen LogP contribution in [0.3, 0.4) is 0 Å². The van der Waals surface area contributed by atoms with Crippen LogP contribution in [-0.4, -0.2) is 35.3 Å². The van der Waals surface area contributed by atoms with Crippen LogP contribution in [0.5, 0.6) is 0 Å². The van der Waals surface area contributed by atoms with Crippen molar-refractivity contribution in [3.63, 3.8) is 0 Å². The van der Waals surface area contributed by atoms with Crippen LogP contribution in [0.2, 0.25) is 0 Å². The van der Waals surface area contributed by atoms with Gasteiger partial charge in [0.1, 0.15) is 0 Å². The SMILES string of the molecule is O=C(c1cccs1)N1CC[C@@H]2[C@H]1CCC(=O)N2c1ccccc1. The second-order valence-electron chi connectivity index (χ2n) is 6.04. The molecule has 2 saturated heterocycles. The maximum Gasteiger partial charge on any atom is 0.264 e. The van der Waals surface area contributed by atoms with Crippen LogP contribution in [-0.2, 0) is 4.79 Å². The highest BCUT2D eigenvalue weighted by Crippen LogP contribution is 2.35. The first-order chi connectivity index (χ1) is 11.3. The Bertz CT molecular complexity index is 714. The number of amides is 2. The van der Waals surface area contributed by atoms with E-state index in [9.17, 15) is 9.59 Å². The largest absolute Gasteiger partial charge is 0.333 e. The van der Waals surface area contributed by atoms with Gasteiger partial charge in [-0.2, -0.15) is 0 Å². The first kappa shape index (κ1) is 14.5. The molecule has 0 unspecified atom stereocenters. The van der Waals surface area contributed by atoms with E-state index in [2.05, 4.69) is 0 Å². The number of likely N-dealkylation sites (tertiary alicyclic amines) is 1. The summed E-state index contributed by atoms with van der Waals surface area (Å²) in [5.74, 6) is 0.276. The maximum absolute atomic E-state index is 12.7. The predicted octanol–water partition coefficient (Wildman–Crippen LogP) is 3.16. The Balaban J connectivity index is 1.62. The smallest absolute Gasteiger partial charge is 0.264 e. The molecule has 2 aromatic rings. The number of para-hydroxylation sites is 1. The lowest BCUT2D eigenvalue weighted by molar-refractivity contribution is -0.120. The second kappa shape index (κ2) is 5.81. The molecule has 0 aliphatic carbocycles. The van der Waals surface area contributed by atoms with E-state index in [4.69, 9.17) is 0 Å². The van der Waals surface area contributed by atoms with Crippen molar-refractivity contribution in [1.29, 1.82) is 0 Å². The standard InChI is InChI=1S/C18H18N2O2S/c21-17-9-8-14-15(20(17)13-5-2-1-3-6-13)10-11-19(14)18(22)16-7-4-12-23-16/h1-7,12,14-15H,8-11H2/t14-,15-/m1/s1. The summed E-state index contributed by atoms with van der Waals surface area (Å²) in [4.78, 5) is 29.9. The van der Waals surface area contributed by atoms with Crippen molar-refractivity contribution in [2.45, 2.75) is 31.3 Å². The summed E-state index contributed by atoms with van der Waals surface area (Å²) in [5, 5.41) is 1.93. The summed E-state index contributed by atoms with van der Waals surface area (Å²) in [5.41, 5.74) is 0.942. The Labute approximate surface area is 139 Å². The van der Waals surface area contributed by atoms with E-state index >= 15 is 0 Å². The molecule has 0 saturated carbocycles. The maximum atomic E-state index is 12.7. The molecule has 0 radical (unpaired) electrons. The van der Waals surface area contributed by atoms with E-state index < -0.39 is 0 Å². The number of thiophene rings is 1. The number of fused-ring (bicyclic) bond motifs is 1. The van der Waals surface area contributed by atoms with Crippen LogP contribution < -0.4 is 4.90 Å². The Morgan fingerprint density at radius 1 is 1.04 bits per heavy atom. The van der Waals surface area contributed by atoms with Gasteiger partial charge < -0.3 is 9.80 Å². The Morgan fingerprint density at radius 2 is 1.87 bits per heavy atom. The van der Waals surface area contributed by atoms with Crippen LogP contribution >= 0.6 is 11.3 Å². The first-order valence-electron chi connectivity index (χ1n) is 7.97. The molecule has 0 spiro atoms. The number of carbonyl (C=O) groups is 2. The van der Waals surface area contributed by atoms with Crippen molar-refractivity contribution in [2.24, 2.45) is 0 Å². The van der Waals surface area contributed by atoms with Crippen LogP contribution in [0, 0.1) is 0 Å². The molecule has 2 amide bonds. The fourth-order valence-electron chi connectivity index (χ4n) is 3.78. The van der Waals surface area contributed by atoms with Gasteiger partial charge in [0.25, 0.3) is 5.91 Å². The third-order valence-corrected chi connectivity index (χ3v) is 5.65. The van der Waals surface area contributed by atoms with E-state index in [0.29, 0.717) is 6.42 Å². The number of benzene rings is 1. The molecule has 2 aliphatic heterocycles. The molecule has 0 bridgehead atoms. The molecule has 4 rings (SSSR count). The van der Waals surface area contributed by atoms with Gasteiger partial charge in [-0.05, 0) is 36.4 Å². The number of rotatable bonds is 2. The lowest BCUT2D eigenvalue weighted by atomic mass is 9.95. The molecular formula is C18H18N2O2S. The quantitative estimate of drug-likeness (QED) is 0.850. The van der Waals surface area contributed by atoms with Crippen molar-refractivity contribution >= 4 is 28.8 Å². The van der Waals surface area contributed by atoms with Crippen molar-refractivity contribution < 1.29 is 9.59 Å². The molecule has 118 valence electrons. The van der Waals surface area contributed by atoms with Crippen LogP contribution in [0.1, 0.15) is 28.9 Å². The van der Waals surface area contributed by atoms with E-state index in [1.54, 1.807) is 0 Å². The molecule has 0 N–H and O–H groups in total.